The van der Waals surface area contributed by atoms with E-state index < -0.39 is 0 Å². The molecule has 1 unspecified atom stereocenters. The summed E-state index contributed by atoms with van der Waals surface area (Å²) in [4.78, 5) is 0. The first-order valence-electron chi connectivity index (χ1n) is 6.13. The predicted octanol–water partition coefficient (Wildman–Crippen LogP) is 3.69. The average Bonchev–Trinajstić information content (AvgIpc) is 2.27. The molecule has 0 aromatic heterocycles. The molecule has 0 spiro atoms. The number of hydrogen-bond acceptors (Lipinski definition) is 1. The van der Waals surface area contributed by atoms with Gasteiger partial charge in [0.1, 0.15) is 5.82 Å². The van der Waals surface area contributed by atoms with Crippen LogP contribution < -0.4 is 5.73 Å². The maximum atomic E-state index is 13.6. The van der Waals surface area contributed by atoms with Crippen LogP contribution in [0, 0.1) is 19.7 Å². The zero-order valence-corrected chi connectivity index (χ0v) is 10.8. The number of benzene rings is 2. The predicted molar refractivity (Wildman–Crippen MR) is 72.9 cm³/mol. The Bertz CT molecular complexity index is 528. The summed E-state index contributed by atoms with van der Waals surface area (Å²) in [5.74, 6) is -0.227. The second kappa shape index (κ2) is 5.32. The summed E-state index contributed by atoms with van der Waals surface area (Å²) >= 11 is 0. The lowest BCUT2D eigenvalue weighted by Gasteiger charge is -2.14. The Morgan fingerprint density at radius 2 is 1.67 bits per heavy atom. The van der Waals surface area contributed by atoms with Gasteiger partial charge in [-0.15, -0.1) is 0 Å². The van der Waals surface area contributed by atoms with Crippen molar-refractivity contribution in [2.45, 2.75) is 26.3 Å². The van der Waals surface area contributed by atoms with Gasteiger partial charge in [0, 0.05) is 11.6 Å². The third-order valence-electron chi connectivity index (χ3n) is 3.04. The quantitative estimate of drug-likeness (QED) is 0.874. The number of halogens is 1. The van der Waals surface area contributed by atoms with Crippen LogP contribution in [-0.2, 0) is 6.42 Å². The number of hydrogen-bond donors (Lipinski definition) is 1. The minimum Gasteiger partial charge on any atom is -0.324 e. The minimum atomic E-state index is -0.299. The van der Waals surface area contributed by atoms with E-state index >= 15 is 0 Å². The van der Waals surface area contributed by atoms with Crippen LogP contribution in [0.4, 0.5) is 4.39 Å². The fraction of sp³-hybridized carbons (Fsp3) is 0.250. The van der Waals surface area contributed by atoms with E-state index in [9.17, 15) is 4.39 Å². The monoisotopic (exact) mass is 243 g/mol. The third-order valence-corrected chi connectivity index (χ3v) is 3.04. The zero-order chi connectivity index (χ0) is 13.1. The lowest BCUT2D eigenvalue weighted by molar-refractivity contribution is 0.580. The fourth-order valence-corrected chi connectivity index (χ4v) is 2.33. The Morgan fingerprint density at radius 3 is 2.28 bits per heavy atom. The molecular weight excluding hydrogens is 225 g/mol. The van der Waals surface area contributed by atoms with Gasteiger partial charge in [0.25, 0.3) is 0 Å². The molecular formula is C16H18FN. The highest BCUT2D eigenvalue weighted by molar-refractivity contribution is 5.31. The van der Waals surface area contributed by atoms with E-state index in [1.54, 1.807) is 12.1 Å². The van der Waals surface area contributed by atoms with Crippen LogP contribution in [0.1, 0.15) is 28.3 Å². The van der Waals surface area contributed by atoms with Crippen molar-refractivity contribution >= 4 is 0 Å². The van der Waals surface area contributed by atoms with Gasteiger partial charge in [0.15, 0.2) is 0 Å². The van der Waals surface area contributed by atoms with Gasteiger partial charge in [-0.25, -0.2) is 4.39 Å². The van der Waals surface area contributed by atoms with Gasteiger partial charge in [0.2, 0.25) is 0 Å². The molecule has 2 aromatic carbocycles. The van der Waals surface area contributed by atoms with Crippen molar-refractivity contribution in [3.05, 3.63) is 70.5 Å². The largest absolute Gasteiger partial charge is 0.324 e. The molecule has 0 aliphatic heterocycles. The van der Waals surface area contributed by atoms with E-state index in [1.165, 1.54) is 17.2 Å². The smallest absolute Gasteiger partial charge is 0.127 e. The van der Waals surface area contributed by atoms with E-state index in [1.807, 2.05) is 6.07 Å². The van der Waals surface area contributed by atoms with Crippen molar-refractivity contribution in [3.8, 4) is 0 Å². The Labute approximate surface area is 107 Å². The molecule has 94 valence electrons. The Hall–Kier alpha value is -1.67. The van der Waals surface area contributed by atoms with Crippen molar-refractivity contribution in [2.75, 3.05) is 0 Å². The second-order valence-electron chi connectivity index (χ2n) is 4.83. The Kier molecular flexibility index (Phi) is 3.78. The molecule has 2 rings (SSSR count). The molecule has 1 atom stereocenters. The van der Waals surface area contributed by atoms with Crippen LogP contribution in [0.15, 0.2) is 42.5 Å². The number of nitrogens with two attached hydrogens (primary N) is 1. The second-order valence-corrected chi connectivity index (χ2v) is 4.83. The van der Waals surface area contributed by atoms with Crippen LogP contribution >= 0.6 is 0 Å². The van der Waals surface area contributed by atoms with Crippen molar-refractivity contribution in [1.82, 2.24) is 0 Å². The summed E-state index contributed by atoms with van der Waals surface area (Å²) in [6.07, 6.45) is 0.656. The summed E-state index contributed by atoms with van der Waals surface area (Å²) in [5, 5.41) is 0. The molecule has 0 fully saturated rings. The van der Waals surface area contributed by atoms with Crippen molar-refractivity contribution in [2.24, 2.45) is 5.73 Å². The van der Waals surface area contributed by atoms with Gasteiger partial charge in [0.05, 0.1) is 0 Å². The van der Waals surface area contributed by atoms with E-state index in [0.29, 0.717) is 12.0 Å². The topological polar surface area (TPSA) is 26.0 Å². The number of rotatable bonds is 3. The number of aryl methyl sites for hydroxylation is 2. The summed E-state index contributed by atoms with van der Waals surface area (Å²) < 4.78 is 13.6. The highest BCUT2D eigenvalue weighted by Gasteiger charge is 2.11. The molecule has 0 aliphatic carbocycles. The molecule has 0 saturated heterocycles. The van der Waals surface area contributed by atoms with Crippen LogP contribution in [0.25, 0.3) is 0 Å². The van der Waals surface area contributed by atoms with E-state index in [0.717, 1.165) is 5.56 Å². The van der Waals surface area contributed by atoms with Crippen LogP contribution in [-0.4, -0.2) is 0 Å². The first-order chi connectivity index (χ1) is 8.56. The maximum Gasteiger partial charge on any atom is 0.127 e. The minimum absolute atomic E-state index is 0.227. The first kappa shape index (κ1) is 12.8. The summed E-state index contributed by atoms with van der Waals surface area (Å²) in [7, 11) is 0. The van der Waals surface area contributed by atoms with Crippen molar-refractivity contribution in [3.63, 3.8) is 0 Å². The normalized spacial score (nSPS) is 12.4. The Balaban J connectivity index is 2.21. The van der Waals surface area contributed by atoms with E-state index in [2.05, 4.69) is 32.0 Å². The van der Waals surface area contributed by atoms with E-state index in [4.69, 9.17) is 5.73 Å². The van der Waals surface area contributed by atoms with Gasteiger partial charge < -0.3 is 5.73 Å². The Morgan fingerprint density at radius 1 is 1.06 bits per heavy atom. The molecule has 0 radical (unpaired) electrons. The molecule has 0 bridgehead atoms. The molecule has 0 amide bonds. The molecule has 2 heteroatoms. The SMILES string of the molecule is Cc1cc(C)cc(CC(N)c2ccccc2F)c1. The highest BCUT2D eigenvalue weighted by Crippen LogP contribution is 2.20. The van der Waals surface area contributed by atoms with Gasteiger partial charge in [-0.05, 0) is 31.9 Å². The average molecular weight is 243 g/mol. The summed E-state index contributed by atoms with van der Waals surface area (Å²) in [6, 6.07) is 12.7. The van der Waals surface area contributed by atoms with Gasteiger partial charge >= 0.3 is 0 Å². The van der Waals surface area contributed by atoms with Gasteiger partial charge in [-0.1, -0.05) is 47.5 Å². The van der Waals surface area contributed by atoms with E-state index in [-0.39, 0.29) is 11.9 Å². The standard InChI is InChI=1S/C16H18FN/c1-11-7-12(2)9-13(8-11)10-16(18)14-5-3-4-6-15(14)17/h3-9,16H,10,18H2,1-2H3. The first-order valence-corrected chi connectivity index (χ1v) is 6.13. The molecule has 2 aromatic rings. The van der Waals surface area contributed by atoms with Crippen LogP contribution in [0.3, 0.4) is 0 Å². The maximum absolute atomic E-state index is 13.6. The molecule has 0 heterocycles. The summed E-state index contributed by atoms with van der Waals surface area (Å²) in [6.45, 7) is 4.12. The van der Waals surface area contributed by atoms with Crippen molar-refractivity contribution < 1.29 is 4.39 Å². The molecule has 2 N–H and O–H groups in total. The van der Waals surface area contributed by atoms with Crippen LogP contribution in [0.2, 0.25) is 0 Å². The molecule has 1 nitrogen and oxygen atoms in total. The summed E-state index contributed by atoms with van der Waals surface area (Å²) in [5.41, 5.74) is 10.3. The molecule has 0 aliphatic rings. The molecule has 0 saturated carbocycles. The highest BCUT2D eigenvalue weighted by atomic mass is 19.1. The van der Waals surface area contributed by atoms with Gasteiger partial charge in [-0.3, -0.25) is 0 Å². The third kappa shape index (κ3) is 2.96. The molecule has 18 heavy (non-hydrogen) atoms. The van der Waals surface area contributed by atoms with Crippen LogP contribution in [0.5, 0.6) is 0 Å². The lowest BCUT2D eigenvalue weighted by Crippen LogP contribution is -2.15. The zero-order valence-electron chi connectivity index (χ0n) is 10.8. The lowest BCUT2D eigenvalue weighted by atomic mass is 9.97. The van der Waals surface area contributed by atoms with Crippen molar-refractivity contribution in [1.29, 1.82) is 0 Å². The van der Waals surface area contributed by atoms with Gasteiger partial charge in [-0.2, -0.15) is 0 Å². The fourth-order valence-electron chi connectivity index (χ4n) is 2.33.